The van der Waals surface area contributed by atoms with E-state index in [0.717, 1.165) is 53.2 Å². The molecule has 29 heteroatoms. The maximum absolute atomic E-state index is 12.6. The van der Waals surface area contributed by atoms with Crippen LogP contribution >= 0.6 is 28.3 Å². The number of carboxylic acid groups (broad SMARTS) is 1. The number of amides is 2. The fourth-order valence-corrected chi connectivity index (χ4v) is 8.92. The van der Waals surface area contributed by atoms with Gasteiger partial charge in [-0.25, -0.2) is 24.7 Å². The lowest BCUT2D eigenvalue weighted by Crippen LogP contribution is -2.33. The fourth-order valence-electron chi connectivity index (χ4n) is 8.52. The van der Waals surface area contributed by atoms with Crippen molar-refractivity contribution in [1.82, 2.24) is 29.5 Å². The number of rotatable bonds is 18. The SMILES string of the molecule is CC(C)(C)OC(=O)CCCCBr.CO.COC(=O)c1ccc2cc[nH]c(=O)c2c1.COC(=O)c1ccc2ccn(CCCN)c(=O)c2c1.COC(=O)c1ccc2ccn(CCCNC(=O)OC(C)(C)C)c(=O)c2c1.Cl.NCCCn1ccc2ccc(C(=O)NO)cc2c1=O.O=CO. The standard InChI is InChI=1S/C19H24N2O5.C14H16N2O3.C13H15N3O3.C11H9NO3.C9H17BrO2.CH2O2.CH4O.ClH/c1-19(2,3)26-18(24)20-9-5-10-21-11-8-13-6-7-14(17(23)25-4)12-15(13)16(21)22;1-19-14(18)11-4-3-10-5-8-16(7-2-6-15)13(17)12(10)9-11;14-5-1-6-16-7-4-9-2-3-10(12(17)15-19)8-11(9)13(16)18;1-15-11(14)8-3-2-7-4-5-12-10(13)9(7)6-8;1-9(2,3)12-8(11)6-4-5-7-10;2-1-3;1-2;/h6-8,11-12H,5,9-10H2,1-4H3,(H,20,24);3-5,8-9H,2,6-7,15H2,1H3;2-4,7-8,19H,1,5-6,14H2,(H,15,17);2-6H,1H3,(H,12,13);4-7H2,1-3H3;1H,(H,2,3);2H,1H3;1H. The van der Waals surface area contributed by atoms with Crippen LogP contribution in [0, 0.1) is 0 Å². The van der Waals surface area contributed by atoms with Crippen LogP contribution in [0.25, 0.3) is 43.1 Å². The molecule has 4 aromatic heterocycles. The number of esters is 4. The molecule has 528 valence electrons. The fraction of sp³-hybridized carbons (Fsp3) is 0.368. The summed E-state index contributed by atoms with van der Waals surface area (Å²) in [4.78, 5) is 128. The molecule has 0 unspecified atom stereocenters. The minimum atomic E-state index is -0.640. The molecular formula is C68H88BrClN8O19. The van der Waals surface area contributed by atoms with Gasteiger partial charge in [0.1, 0.15) is 11.2 Å². The number of H-pyrrole nitrogens is 1. The van der Waals surface area contributed by atoms with E-state index in [0.29, 0.717) is 96.8 Å². The molecule has 0 aliphatic heterocycles. The number of nitrogens with two attached hydrogens (primary N) is 2. The van der Waals surface area contributed by atoms with E-state index in [2.05, 4.69) is 35.7 Å². The van der Waals surface area contributed by atoms with Gasteiger partial charge in [0.25, 0.3) is 34.6 Å². The Labute approximate surface area is 574 Å². The van der Waals surface area contributed by atoms with Crippen LogP contribution in [0.2, 0.25) is 0 Å². The minimum absolute atomic E-state index is 0. The molecule has 0 aliphatic rings. The van der Waals surface area contributed by atoms with Crippen molar-refractivity contribution in [2.24, 2.45) is 11.5 Å². The van der Waals surface area contributed by atoms with Crippen LogP contribution in [0.3, 0.4) is 0 Å². The van der Waals surface area contributed by atoms with Crippen LogP contribution in [0.4, 0.5) is 4.79 Å². The molecular weight excluding hydrogens is 1350 g/mol. The largest absolute Gasteiger partial charge is 0.483 e. The monoisotopic (exact) mass is 1430 g/mol. The number of alkyl carbamates (subject to hydrolysis) is 1. The second kappa shape index (κ2) is 44.2. The summed E-state index contributed by atoms with van der Waals surface area (Å²) < 4.78 is 28.9. The number of alkyl halides is 1. The number of ether oxygens (including phenoxy) is 5. The molecule has 8 aromatic rings. The molecule has 10 N–H and O–H groups in total. The van der Waals surface area contributed by atoms with E-state index in [1.807, 2.05) is 39.0 Å². The number of halogens is 2. The van der Waals surface area contributed by atoms with E-state index in [1.165, 1.54) is 33.5 Å². The average Bonchev–Trinajstić information content (AvgIpc) is 0.826. The van der Waals surface area contributed by atoms with Gasteiger partial charge in [0, 0.05) is 96.9 Å². The summed E-state index contributed by atoms with van der Waals surface area (Å²) in [7, 11) is 4.92. The Bertz CT molecular complexity index is 4000. The van der Waals surface area contributed by atoms with Crippen molar-refractivity contribution in [2.75, 3.05) is 53.4 Å². The molecule has 0 atom stereocenters. The molecule has 0 saturated heterocycles. The second-order valence-corrected chi connectivity index (χ2v) is 23.1. The molecule has 2 amide bonds. The second-order valence-electron chi connectivity index (χ2n) is 22.3. The number of aryl methyl sites for hydroxylation is 3. The van der Waals surface area contributed by atoms with Crippen molar-refractivity contribution >= 4 is 114 Å². The number of methoxy groups -OCH3 is 3. The van der Waals surface area contributed by atoms with Crippen LogP contribution in [0.15, 0.2) is 141 Å². The Morgan fingerprint density at radius 1 is 0.546 bits per heavy atom. The Morgan fingerprint density at radius 2 is 0.907 bits per heavy atom. The van der Waals surface area contributed by atoms with Crippen molar-refractivity contribution in [2.45, 2.75) is 111 Å². The number of carbonyl (C=O) groups excluding carboxylic acids is 6. The van der Waals surface area contributed by atoms with E-state index >= 15 is 0 Å². The van der Waals surface area contributed by atoms with Crippen LogP contribution in [-0.4, -0.2) is 141 Å². The van der Waals surface area contributed by atoms with Crippen molar-refractivity contribution < 1.29 is 72.7 Å². The summed E-state index contributed by atoms with van der Waals surface area (Å²) in [6, 6.07) is 26.7. The van der Waals surface area contributed by atoms with E-state index in [1.54, 1.807) is 131 Å². The molecule has 4 heterocycles. The highest BCUT2D eigenvalue weighted by Crippen LogP contribution is 2.18. The van der Waals surface area contributed by atoms with Gasteiger partial charge < -0.3 is 69.4 Å². The highest BCUT2D eigenvalue weighted by molar-refractivity contribution is 9.09. The first-order valence-electron chi connectivity index (χ1n) is 30.0. The zero-order valence-electron chi connectivity index (χ0n) is 56.0. The van der Waals surface area contributed by atoms with Crippen LogP contribution in [0.5, 0.6) is 0 Å². The zero-order chi connectivity index (χ0) is 72.1. The number of pyridine rings is 4. The Hall–Kier alpha value is -9.58. The van der Waals surface area contributed by atoms with Gasteiger partial charge in [0.2, 0.25) is 0 Å². The van der Waals surface area contributed by atoms with Gasteiger partial charge in [0.05, 0.1) is 38.0 Å². The van der Waals surface area contributed by atoms with Crippen molar-refractivity contribution in [3.05, 3.63) is 186 Å². The summed E-state index contributed by atoms with van der Waals surface area (Å²) in [5.41, 5.74) is 12.2. The third kappa shape index (κ3) is 29.1. The number of hydroxylamine groups is 1. The number of aromatic nitrogens is 4. The number of carbonyl (C=O) groups is 7. The quantitative estimate of drug-likeness (QED) is 0.00762. The number of nitrogens with one attached hydrogen (secondary N) is 3. The third-order valence-corrected chi connectivity index (χ3v) is 13.5. The molecule has 27 nitrogen and oxygen atoms in total. The molecule has 0 radical (unpaired) electrons. The number of unbranched alkanes of at least 4 members (excludes halogenated alkanes) is 1. The summed E-state index contributed by atoms with van der Waals surface area (Å²) in [6.07, 6.45) is 10.7. The van der Waals surface area contributed by atoms with Crippen molar-refractivity contribution in [3.63, 3.8) is 0 Å². The minimum Gasteiger partial charge on any atom is -0.483 e. The Morgan fingerprint density at radius 3 is 1.27 bits per heavy atom. The van der Waals surface area contributed by atoms with Gasteiger partial charge in [0.15, 0.2) is 0 Å². The first-order chi connectivity index (χ1) is 45.6. The molecule has 0 aliphatic carbocycles. The molecule has 8 rings (SSSR count). The number of hydrogen-bond donors (Lipinski definition) is 8. The van der Waals surface area contributed by atoms with Crippen molar-refractivity contribution in [3.8, 4) is 0 Å². The summed E-state index contributed by atoms with van der Waals surface area (Å²) >= 11 is 3.31. The number of hydrogen-bond acceptors (Lipinski definition) is 20. The number of aliphatic hydroxyl groups is 1. The maximum atomic E-state index is 12.6. The summed E-state index contributed by atoms with van der Waals surface area (Å²) in [5.74, 6) is -2.11. The molecule has 0 bridgehead atoms. The van der Waals surface area contributed by atoms with Gasteiger partial charge >= 0.3 is 30.0 Å². The van der Waals surface area contributed by atoms with Crippen LogP contribution < -0.4 is 44.5 Å². The number of aliphatic hydroxyl groups excluding tert-OH is 1. The number of nitrogens with zero attached hydrogens (tertiary/aromatic N) is 3. The normalized spacial score (nSPS) is 10.3. The highest BCUT2D eigenvalue weighted by Gasteiger charge is 2.18. The van der Waals surface area contributed by atoms with Gasteiger partial charge in [-0.2, -0.15) is 0 Å². The topological polar surface area (TPSA) is 401 Å². The lowest BCUT2D eigenvalue weighted by molar-refractivity contribution is -0.154. The predicted molar refractivity (Wildman–Crippen MR) is 376 cm³/mol. The molecule has 4 aromatic carbocycles. The molecule has 0 saturated carbocycles. The van der Waals surface area contributed by atoms with E-state index in [9.17, 15) is 47.9 Å². The number of aromatic amines is 1. The zero-order valence-corrected chi connectivity index (χ0v) is 58.4. The lowest BCUT2D eigenvalue weighted by atomic mass is 10.1. The van der Waals surface area contributed by atoms with Gasteiger partial charge in [-0.05, 0) is 181 Å². The average molecular weight is 1440 g/mol. The van der Waals surface area contributed by atoms with Crippen LogP contribution in [-0.2, 0) is 52.9 Å². The number of benzene rings is 4. The maximum Gasteiger partial charge on any atom is 0.407 e. The molecule has 0 fully saturated rings. The third-order valence-electron chi connectivity index (χ3n) is 13.0. The summed E-state index contributed by atoms with van der Waals surface area (Å²) in [5, 5.41) is 31.1. The Kier molecular flexibility index (Phi) is 38.9. The first kappa shape index (κ1) is 85.4. The van der Waals surface area contributed by atoms with E-state index < -0.39 is 35.5 Å². The molecule has 97 heavy (non-hydrogen) atoms. The first-order valence-corrected chi connectivity index (χ1v) is 31.1. The predicted octanol–water partition coefficient (Wildman–Crippen LogP) is 8.25. The van der Waals surface area contributed by atoms with E-state index in [4.69, 9.17) is 45.9 Å². The van der Waals surface area contributed by atoms with Gasteiger partial charge in [-0.3, -0.25) is 38.8 Å². The smallest absolute Gasteiger partial charge is 0.407 e. The van der Waals surface area contributed by atoms with Crippen LogP contribution in [0.1, 0.15) is 121 Å². The lowest BCUT2D eigenvalue weighted by Gasteiger charge is -2.19. The summed E-state index contributed by atoms with van der Waals surface area (Å²) in [6.45, 7) is 13.8. The number of fused-ring (bicyclic) bond motifs is 4. The van der Waals surface area contributed by atoms with E-state index in [-0.39, 0.29) is 58.3 Å². The van der Waals surface area contributed by atoms with Gasteiger partial charge in [-0.1, -0.05) is 40.2 Å². The highest BCUT2D eigenvalue weighted by atomic mass is 79.9. The van der Waals surface area contributed by atoms with Gasteiger partial charge in [-0.15, -0.1) is 12.4 Å². The molecule has 0 spiro atoms. The Balaban J connectivity index is 0.000000606. The van der Waals surface area contributed by atoms with Crippen molar-refractivity contribution in [1.29, 1.82) is 0 Å².